The maximum atomic E-state index is 12.9. The predicted molar refractivity (Wildman–Crippen MR) is 307 cm³/mol. The van der Waals surface area contributed by atoms with Crippen LogP contribution in [0, 0.1) is 0 Å². The average molecular weight is 988 g/mol. The molecular weight excluding hydrogens is 877 g/mol. The van der Waals surface area contributed by atoms with Crippen molar-refractivity contribution in [2.24, 2.45) is 0 Å². The molecule has 406 valence electrons. The van der Waals surface area contributed by atoms with Gasteiger partial charge in [-0.25, -0.2) is 0 Å². The number of allylic oxidation sites excluding steroid dienone is 16. The van der Waals surface area contributed by atoms with Crippen molar-refractivity contribution >= 4 is 17.9 Å². The van der Waals surface area contributed by atoms with Crippen molar-refractivity contribution in [2.75, 3.05) is 13.2 Å². The molecule has 0 aliphatic rings. The highest BCUT2D eigenvalue weighted by atomic mass is 16.6. The molecule has 0 rings (SSSR count). The van der Waals surface area contributed by atoms with E-state index < -0.39 is 6.10 Å². The number of rotatable bonds is 53. The largest absolute Gasteiger partial charge is 0.462 e. The lowest BCUT2D eigenvalue weighted by Gasteiger charge is -2.18. The van der Waals surface area contributed by atoms with E-state index in [9.17, 15) is 14.4 Å². The van der Waals surface area contributed by atoms with Crippen LogP contribution in [0.1, 0.15) is 278 Å². The van der Waals surface area contributed by atoms with E-state index in [0.717, 1.165) is 103 Å². The van der Waals surface area contributed by atoms with Crippen LogP contribution in [0.15, 0.2) is 97.2 Å². The molecule has 0 aliphatic carbocycles. The van der Waals surface area contributed by atoms with Gasteiger partial charge in [-0.1, -0.05) is 266 Å². The molecule has 0 heterocycles. The lowest BCUT2D eigenvalue weighted by Crippen LogP contribution is -2.30. The molecule has 6 nitrogen and oxygen atoms in total. The van der Waals surface area contributed by atoms with Gasteiger partial charge in [0.1, 0.15) is 13.2 Å². The highest BCUT2D eigenvalue weighted by Crippen LogP contribution is 2.15. The van der Waals surface area contributed by atoms with Gasteiger partial charge in [0, 0.05) is 19.3 Å². The minimum atomic E-state index is -0.800. The van der Waals surface area contributed by atoms with E-state index >= 15 is 0 Å². The molecule has 6 heteroatoms. The Kier molecular flexibility index (Phi) is 55.9. The van der Waals surface area contributed by atoms with E-state index in [0.29, 0.717) is 19.3 Å². The van der Waals surface area contributed by atoms with E-state index in [-0.39, 0.29) is 31.1 Å². The first-order valence-electron chi connectivity index (χ1n) is 29.8. The second kappa shape index (κ2) is 58.9. The fourth-order valence-corrected chi connectivity index (χ4v) is 8.16. The van der Waals surface area contributed by atoms with E-state index in [4.69, 9.17) is 14.2 Å². The average Bonchev–Trinajstić information content (AvgIpc) is 3.37. The molecule has 0 aromatic heterocycles. The van der Waals surface area contributed by atoms with Crippen LogP contribution in [-0.2, 0) is 28.6 Å². The Hall–Kier alpha value is -3.67. The summed E-state index contributed by atoms with van der Waals surface area (Å²) in [6, 6.07) is 0. The van der Waals surface area contributed by atoms with Gasteiger partial charge in [0.15, 0.2) is 6.10 Å². The Morgan fingerprint density at radius 3 is 0.901 bits per heavy atom. The maximum absolute atomic E-state index is 12.9. The first-order chi connectivity index (χ1) is 35.0. The van der Waals surface area contributed by atoms with Crippen molar-refractivity contribution in [1.29, 1.82) is 0 Å². The van der Waals surface area contributed by atoms with Crippen molar-refractivity contribution < 1.29 is 28.6 Å². The molecule has 71 heavy (non-hydrogen) atoms. The van der Waals surface area contributed by atoms with Crippen molar-refractivity contribution in [3.63, 3.8) is 0 Å². The minimum absolute atomic E-state index is 0.0949. The van der Waals surface area contributed by atoms with Crippen LogP contribution in [-0.4, -0.2) is 37.2 Å². The molecule has 0 aliphatic heterocycles. The van der Waals surface area contributed by atoms with Crippen LogP contribution in [0.3, 0.4) is 0 Å². The van der Waals surface area contributed by atoms with Crippen LogP contribution < -0.4 is 0 Å². The first-order valence-corrected chi connectivity index (χ1v) is 29.8. The van der Waals surface area contributed by atoms with Crippen molar-refractivity contribution in [3.8, 4) is 0 Å². The summed E-state index contributed by atoms with van der Waals surface area (Å²) >= 11 is 0. The fourth-order valence-electron chi connectivity index (χ4n) is 8.16. The molecule has 0 aromatic carbocycles. The first kappa shape index (κ1) is 67.3. The zero-order chi connectivity index (χ0) is 51.4. The molecule has 0 amide bonds. The third kappa shape index (κ3) is 57.1. The number of carbonyl (C=O) groups is 3. The summed E-state index contributed by atoms with van der Waals surface area (Å²) in [5.41, 5.74) is 0. The molecular formula is C65H110O6. The molecule has 0 spiro atoms. The molecule has 0 fully saturated rings. The quantitative estimate of drug-likeness (QED) is 0.0199. The van der Waals surface area contributed by atoms with Gasteiger partial charge in [0.05, 0.1) is 0 Å². The molecule has 0 saturated carbocycles. The van der Waals surface area contributed by atoms with Gasteiger partial charge in [-0.2, -0.15) is 0 Å². The topological polar surface area (TPSA) is 78.9 Å². The Labute approximate surface area is 438 Å². The van der Waals surface area contributed by atoms with Gasteiger partial charge >= 0.3 is 17.9 Å². The summed E-state index contributed by atoms with van der Waals surface area (Å²) in [4.78, 5) is 38.2. The fraction of sp³-hybridized carbons (Fsp3) is 0.708. The lowest BCUT2D eigenvalue weighted by molar-refractivity contribution is -0.167. The molecule has 0 bridgehead atoms. The number of esters is 3. The number of carbonyl (C=O) groups excluding carboxylic acids is 3. The molecule has 1 atom stereocenters. The van der Waals surface area contributed by atoms with Gasteiger partial charge < -0.3 is 14.2 Å². The van der Waals surface area contributed by atoms with Crippen LogP contribution in [0.2, 0.25) is 0 Å². The van der Waals surface area contributed by atoms with Crippen LogP contribution in [0.5, 0.6) is 0 Å². The molecule has 1 unspecified atom stereocenters. The number of unbranched alkanes of at least 4 members (excludes halogenated alkanes) is 31. The SMILES string of the molecule is CCC\C=C/C=C\C=C/C=C\C=C/CCCCCCCC(=O)OCC(COC(=O)CCCCCCCCC/C=C\CCCCCCCC)OC(=O)CCCCCCC/C=C\C=C/CCCCCCCCC. The summed E-state index contributed by atoms with van der Waals surface area (Å²) in [6.07, 6.45) is 78.2. The van der Waals surface area contributed by atoms with E-state index in [1.165, 1.54) is 135 Å². The number of ether oxygens (including phenoxy) is 3. The monoisotopic (exact) mass is 987 g/mol. The van der Waals surface area contributed by atoms with Gasteiger partial charge in [0.2, 0.25) is 0 Å². The van der Waals surface area contributed by atoms with Crippen LogP contribution in [0.4, 0.5) is 0 Å². The Balaban J connectivity index is 4.48. The second-order valence-electron chi connectivity index (χ2n) is 19.7. The smallest absolute Gasteiger partial charge is 0.306 e. The van der Waals surface area contributed by atoms with Gasteiger partial charge in [0.25, 0.3) is 0 Å². The van der Waals surface area contributed by atoms with Gasteiger partial charge in [-0.05, 0) is 89.9 Å². The maximum Gasteiger partial charge on any atom is 0.306 e. The van der Waals surface area contributed by atoms with Crippen molar-refractivity contribution in [2.45, 2.75) is 284 Å². The Morgan fingerprint density at radius 1 is 0.282 bits per heavy atom. The Bertz CT molecular complexity index is 1410. The highest BCUT2D eigenvalue weighted by Gasteiger charge is 2.19. The molecule has 0 radical (unpaired) electrons. The van der Waals surface area contributed by atoms with Crippen LogP contribution >= 0.6 is 0 Å². The molecule has 0 aromatic rings. The van der Waals surface area contributed by atoms with E-state index in [2.05, 4.69) is 93.7 Å². The zero-order valence-corrected chi connectivity index (χ0v) is 46.5. The lowest BCUT2D eigenvalue weighted by atomic mass is 10.1. The molecule has 0 N–H and O–H groups in total. The zero-order valence-electron chi connectivity index (χ0n) is 46.5. The second-order valence-corrected chi connectivity index (χ2v) is 19.7. The summed E-state index contributed by atoms with van der Waals surface area (Å²) in [5.74, 6) is -0.934. The number of hydrogen-bond donors (Lipinski definition) is 0. The van der Waals surface area contributed by atoms with Gasteiger partial charge in [-0.15, -0.1) is 0 Å². The summed E-state index contributed by atoms with van der Waals surface area (Å²) in [6.45, 7) is 6.52. The van der Waals surface area contributed by atoms with E-state index in [1.807, 2.05) is 24.3 Å². The predicted octanol–water partition coefficient (Wildman–Crippen LogP) is 20.1. The van der Waals surface area contributed by atoms with Crippen LogP contribution in [0.25, 0.3) is 0 Å². The standard InChI is InChI=1S/C65H110O6/c1-4-7-10-13-16-19-22-25-28-31-34-37-40-43-46-49-52-55-58-64(67)70-61-62(60-69-63(66)57-54-51-48-45-42-39-36-33-30-27-24-21-18-15-12-9-6-3)71-65(68)59-56-53-50-47-44-41-38-35-32-29-26-23-20-17-14-11-8-5-2/h10,13,16,19,22,25,27-32,34-35,37-38,62H,4-9,11-12,14-15,17-18,20-21,23-24,26,33,36,39-61H2,1-3H3/b13-10-,19-16-,25-22-,30-27-,31-28-,32-29-,37-34-,38-35-. The third-order valence-electron chi connectivity index (χ3n) is 12.7. The van der Waals surface area contributed by atoms with Gasteiger partial charge in [-0.3, -0.25) is 14.4 Å². The van der Waals surface area contributed by atoms with Crippen molar-refractivity contribution in [1.82, 2.24) is 0 Å². The molecule has 0 saturated heterocycles. The minimum Gasteiger partial charge on any atom is -0.462 e. The third-order valence-corrected chi connectivity index (χ3v) is 12.7. The summed E-state index contributed by atoms with van der Waals surface area (Å²) < 4.78 is 16.9. The Morgan fingerprint density at radius 2 is 0.549 bits per heavy atom. The normalized spacial score (nSPS) is 12.8. The summed E-state index contributed by atoms with van der Waals surface area (Å²) in [5, 5.41) is 0. The summed E-state index contributed by atoms with van der Waals surface area (Å²) in [7, 11) is 0. The van der Waals surface area contributed by atoms with Crippen molar-refractivity contribution in [3.05, 3.63) is 97.2 Å². The highest BCUT2D eigenvalue weighted by molar-refractivity contribution is 5.71. The van der Waals surface area contributed by atoms with E-state index in [1.54, 1.807) is 0 Å². The number of hydrogen-bond acceptors (Lipinski definition) is 6.